The maximum absolute atomic E-state index is 5.83. The lowest BCUT2D eigenvalue weighted by atomic mass is 10.1. The van der Waals surface area contributed by atoms with Crippen LogP contribution < -0.4 is 11.1 Å². The Balaban J connectivity index is 0.00000324. The molecule has 0 spiro atoms. The Labute approximate surface area is 137 Å². The predicted molar refractivity (Wildman–Crippen MR) is 97.6 cm³/mol. The van der Waals surface area contributed by atoms with E-state index in [4.69, 9.17) is 5.73 Å². The second kappa shape index (κ2) is 9.47. The lowest BCUT2D eigenvalue weighted by Gasteiger charge is -2.19. The Bertz CT molecular complexity index is 380. The molecular formula is C14H24IN3S. The van der Waals surface area contributed by atoms with Gasteiger partial charge >= 0.3 is 0 Å². The van der Waals surface area contributed by atoms with E-state index in [1.165, 1.54) is 5.56 Å². The molecule has 0 saturated heterocycles. The third kappa shape index (κ3) is 8.36. The van der Waals surface area contributed by atoms with Crippen molar-refractivity contribution in [1.82, 2.24) is 5.32 Å². The molecule has 0 unspecified atom stereocenters. The molecule has 0 saturated carbocycles. The number of hydrogen-bond donors (Lipinski definition) is 2. The topological polar surface area (TPSA) is 50.4 Å². The lowest BCUT2D eigenvalue weighted by Crippen LogP contribution is -2.34. The maximum Gasteiger partial charge on any atom is 0.188 e. The van der Waals surface area contributed by atoms with Gasteiger partial charge in [-0.15, -0.1) is 24.0 Å². The molecule has 0 aliphatic heterocycles. The molecule has 1 aromatic carbocycles. The number of nitrogens with two attached hydrogens (primary N) is 1. The van der Waals surface area contributed by atoms with Crippen LogP contribution in [0.2, 0.25) is 0 Å². The van der Waals surface area contributed by atoms with E-state index in [9.17, 15) is 0 Å². The van der Waals surface area contributed by atoms with Gasteiger partial charge in [-0.3, -0.25) is 4.99 Å². The quantitative estimate of drug-likeness (QED) is 0.444. The van der Waals surface area contributed by atoms with Crippen LogP contribution >= 0.6 is 35.7 Å². The molecule has 0 radical (unpaired) electrons. The molecule has 108 valence electrons. The van der Waals surface area contributed by atoms with E-state index in [1.54, 1.807) is 11.8 Å². The Hall–Kier alpha value is -0.430. The van der Waals surface area contributed by atoms with Crippen LogP contribution in [-0.2, 0) is 6.42 Å². The number of guanidine groups is 1. The van der Waals surface area contributed by atoms with Gasteiger partial charge in [0.15, 0.2) is 5.96 Å². The zero-order valence-corrected chi connectivity index (χ0v) is 15.0. The molecule has 0 heterocycles. The fourth-order valence-electron chi connectivity index (χ4n) is 1.38. The number of halogens is 1. The average molecular weight is 393 g/mol. The largest absolute Gasteiger partial charge is 0.370 e. The maximum atomic E-state index is 5.83. The molecule has 1 aromatic rings. The van der Waals surface area contributed by atoms with E-state index in [0.29, 0.717) is 5.96 Å². The van der Waals surface area contributed by atoms with E-state index in [2.05, 4.69) is 42.5 Å². The molecule has 0 aromatic heterocycles. The fraction of sp³-hybridized carbons (Fsp3) is 0.500. The Morgan fingerprint density at radius 3 is 2.53 bits per heavy atom. The first kappa shape index (κ1) is 18.6. The van der Waals surface area contributed by atoms with Gasteiger partial charge in [0.25, 0.3) is 0 Å². The highest BCUT2D eigenvalue weighted by Gasteiger charge is 2.14. The van der Waals surface area contributed by atoms with Crippen LogP contribution in [0, 0.1) is 0 Å². The molecule has 0 amide bonds. The monoisotopic (exact) mass is 393 g/mol. The standard InChI is InChI=1S/C14H23N3S.HI/c1-14(2,18-3)11-17-13(15)16-10-9-12-7-5-4-6-8-12;/h4-8H,9-11H2,1-3H3,(H3,15,16,17);1H. The molecule has 0 bridgehead atoms. The summed E-state index contributed by atoms with van der Waals surface area (Å²) in [5.74, 6) is 0.535. The molecule has 1 rings (SSSR count). The fourth-order valence-corrected chi connectivity index (χ4v) is 1.57. The summed E-state index contributed by atoms with van der Waals surface area (Å²) in [5.41, 5.74) is 7.14. The number of benzene rings is 1. The van der Waals surface area contributed by atoms with Crippen LogP contribution in [0.5, 0.6) is 0 Å². The molecule has 5 heteroatoms. The first-order valence-electron chi connectivity index (χ1n) is 6.16. The number of aliphatic imine (C=N–C) groups is 1. The van der Waals surface area contributed by atoms with Crippen molar-refractivity contribution in [1.29, 1.82) is 0 Å². The van der Waals surface area contributed by atoms with Gasteiger partial charge in [-0.1, -0.05) is 30.3 Å². The molecule has 3 nitrogen and oxygen atoms in total. The second-order valence-corrected chi connectivity index (χ2v) is 6.34. The van der Waals surface area contributed by atoms with Gasteiger partial charge in [0.05, 0.1) is 6.54 Å². The second-order valence-electron chi connectivity index (χ2n) is 4.83. The third-order valence-corrected chi connectivity index (χ3v) is 3.98. The van der Waals surface area contributed by atoms with Crippen molar-refractivity contribution in [3.8, 4) is 0 Å². The first-order valence-corrected chi connectivity index (χ1v) is 7.39. The number of rotatable bonds is 6. The van der Waals surface area contributed by atoms with Crippen LogP contribution in [0.15, 0.2) is 35.3 Å². The number of thioether (sulfide) groups is 1. The molecule has 0 fully saturated rings. The van der Waals surface area contributed by atoms with Gasteiger partial charge in [0.2, 0.25) is 0 Å². The van der Waals surface area contributed by atoms with Crippen LogP contribution in [0.3, 0.4) is 0 Å². The van der Waals surface area contributed by atoms with E-state index >= 15 is 0 Å². The molecule has 0 atom stereocenters. The highest BCUT2D eigenvalue weighted by molar-refractivity contribution is 14.0. The first-order chi connectivity index (χ1) is 8.53. The molecule has 0 aliphatic rings. The summed E-state index contributed by atoms with van der Waals surface area (Å²) in [6.07, 6.45) is 3.05. The summed E-state index contributed by atoms with van der Waals surface area (Å²) < 4.78 is 0.145. The normalized spacial score (nSPS) is 11.8. The van der Waals surface area contributed by atoms with Crippen molar-refractivity contribution in [2.75, 3.05) is 19.3 Å². The van der Waals surface area contributed by atoms with Crippen LogP contribution in [0.4, 0.5) is 0 Å². The number of hydrogen-bond acceptors (Lipinski definition) is 2. The van der Waals surface area contributed by atoms with Gasteiger partial charge in [0.1, 0.15) is 0 Å². The highest BCUT2D eigenvalue weighted by atomic mass is 127. The Morgan fingerprint density at radius 2 is 1.95 bits per heavy atom. The minimum Gasteiger partial charge on any atom is -0.370 e. The summed E-state index contributed by atoms with van der Waals surface area (Å²) in [6.45, 7) is 5.88. The lowest BCUT2D eigenvalue weighted by molar-refractivity contribution is 0.719. The summed E-state index contributed by atoms with van der Waals surface area (Å²) in [6, 6.07) is 10.4. The smallest absolute Gasteiger partial charge is 0.188 e. The van der Waals surface area contributed by atoms with E-state index in [1.807, 2.05) is 18.2 Å². The van der Waals surface area contributed by atoms with E-state index in [-0.39, 0.29) is 28.7 Å². The van der Waals surface area contributed by atoms with Crippen molar-refractivity contribution in [2.45, 2.75) is 25.0 Å². The van der Waals surface area contributed by atoms with Crippen LogP contribution in [-0.4, -0.2) is 30.1 Å². The van der Waals surface area contributed by atoms with Crippen molar-refractivity contribution >= 4 is 41.7 Å². The van der Waals surface area contributed by atoms with E-state index in [0.717, 1.165) is 19.5 Å². The average Bonchev–Trinajstić information content (AvgIpc) is 2.38. The van der Waals surface area contributed by atoms with Gasteiger partial charge in [-0.2, -0.15) is 11.8 Å². The van der Waals surface area contributed by atoms with Gasteiger partial charge < -0.3 is 11.1 Å². The summed E-state index contributed by atoms with van der Waals surface area (Å²) >= 11 is 1.80. The molecule has 0 aliphatic carbocycles. The van der Waals surface area contributed by atoms with Gasteiger partial charge in [-0.05, 0) is 32.1 Å². The van der Waals surface area contributed by atoms with Crippen LogP contribution in [0.1, 0.15) is 19.4 Å². The minimum absolute atomic E-state index is 0. The summed E-state index contributed by atoms with van der Waals surface area (Å²) in [4.78, 5) is 4.36. The highest BCUT2D eigenvalue weighted by Crippen LogP contribution is 2.20. The zero-order valence-electron chi connectivity index (χ0n) is 11.8. The predicted octanol–water partition coefficient (Wildman–Crippen LogP) is 2.89. The summed E-state index contributed by atoms with van der Waals surface area (Å²) in [7, 11) is 0. The minimum atomic E-state index is 0. The molecular weight excluding hydrogens is 369 g/mol. The summed E-state index contributed by atoms with van der Waals surface area (Å²) in [5, 5.41) is 3.15. The molecule has 19 heavy (non-hydrogen) atoms. The van der Waals surface area contributed by atoms with Crippen molar-refractivity contribution < 1.29 is 0 Å². The van der Waals surface area contributed by atoms with Crippen molar-refractivity contribution in [3.63, 3.8) is 0 Å². The number of nitrogens with zero attached hydrogens (tertiary/aromatic N) is 1. The van der Waals surface area contributed by atoms with Gasteiger partial charge in [0, 0.05) is 11.3 Å². The van der Waals surface area contributed by atoms with Crippen molar-refractivity contribution in [3.05, 3.63) is 35.9 Å². The van der Waals surface area contributed by atoms with Crippen molar-refractivity contribution in [2.24, 2.45) is 10.7 Å². The zero-order chi connectivity index (χ0) is 13.4. The number of nitrogens with one attached hydrogen (secondary N) is 1. The Morgan fingerprint density at radius 1 is 1.32 bits per heavy atom. The van der Waals surface area contributed by atoms with Crippen LogP contribution in [0.25, 0.3) is 0 Å². The van der Waals surface area contributed by atoms with Gasteiger partial charge in [-0.25, -0.2) is 0 Å². The third-order valence-electron chi connectivity index (χ3n) is 2.75. The molecule has 3 N–H and O–H groups in total. The van der Waals surface area contributed by atoms with E-state index < -0.39 is 0 Å². The SMILES string of the molecule is CSC(C)(C)CN=C(N)NCCc1ccccc1.I. The Kier molecular flexibility index (Phi) is 9.26.